The van der Waals surface area contributed by atoms with E-state index in [1.54, 1.807) is 6.92 Å². The lowest BCUT2D eigenvalue weighted by Crippen LogP contribution is -2.42. The van der Waals surface area contributed by atoms with Gasteiger partial charge in [0, 0.05) is 6.04 Å². The van der Waals surface area contributed by atoms with Crippen LogP contribution in [-0.4, -0.2) is 32.0 Å². The number of hydrogen-bond donors (Lipinski definition) is 1. The predicted octanol–water partition coefficient (Wildman–Crippen LogP) is 2.22. The van der Waals surface area contributed by atoms with Crippen LogP contribution in [0.1, 0.15) is 47.5 Å². The first-order valence-electron chi connectivity index (χ1n) is 6.33. The second-order valence-corrected chi connectivity index (χ2v) is 7.06. The van der Waals surface area contributed by atoms with Crippen LogP contribution in [0.25, 0.3) is 0 Å². The van der Waals surface area contributed by atoms with Gasteiger partial charge in [-0.3, -0.25) is 0 Å². The lowest BCUT2D eigenvalue weighted by Gasteiger charge is -2.25. The van der Waals surface area contributed by atoms with Gasteiger partial charge in [-0.15, -0.1) is 0 Å². The van der Waals surface area contributed by atoms with E-state index < -0.39 is 9.84 Å². The van der Waals surface area contributed by atoms with Crippen LogP contribution in [0.2, 0.25) is 0 Å². The minimum Gasteiger partial charge on any atom is -0.313 e. The van der Waals surface area contributed by atoms with E-state index in [2.05, 4.69) is 19.2 Å². The Morgan fingerprint density at radius 3 is 2.00 bits per heavy atom. The summed E-state index contributed by atoms with van der Waals surface area (Å²) < 4.78 is 24.1. The van der Waals surface area contributed by atoms with E-state index in [-0.39, 0.29) is 17.0 Å². The third kappa shape index (κ3) is 4.83. The molecule has 0 aromatic rings. The van der Waals surface area contributed by atoms with Gasteiger partial charge in [0.05, 0.1) is 11.0 Å². The lowest BCUT2D eigenvalue weighted by molar-refractivity contribution is 0.397. The van der Waals surface area contributed by atoms with Crippen LogP contribution < -0.4 is 5.32 Å². The molecule has 0 fully saturated rings. The smallest absolute Gasteiger partial charge is 0.154 e. The topological polar surface area (TPSA) is 46.2 Å². The quantitative estimate of drug-likeness (QED) is 0.717. The fourth-order valence-electron chi connectivity index (χ4n) is 1.64. The monoisotopic (exact) mass is 249 g/mol. The van der Waals surface area contributed by atoms with Crippen molar-refractivity contribution in [2.24, 2.45) is 5.92 Å². The number of hydrogen-bond acceptors (Lipinski definition) is 3. The molecule has 0 heterocycles. The molecule has 3 unspecified atom stereocenters. The van der Waals surface area contributed by atoms with Crippen molar-refractivity contribution in [3.05, 3.63) is 0 Å². The second-order valence-electron chi connectivity index (χ2n) is 4.60. The van der Waals surface area contributed by atoms with Crippen LogP contribution in [0.4, 0.5) is 0 Å². The summed E-state index contributed by atoms with van der Waals surface area (Å²) in [5.74, 6) is 0.670. The second kappa shape index (κ2) is 7.28. The van der Waals surface area contributed by atoms with Gasteiger partial charge >= 0.3 is 0 Å². The molecule has 3 nitrogen and oxygen atoms in total. The molecule has 0 saturated carbocycles. The van der Waals surface area contributed by atoms with Gasteiger partial charge in [-0.2, -0.15) is 0 Å². The number of nitrogens with one attached hydrogen (secondary N) is 1. The van der Waals surface area contributed by atoms with Crippen molar-refractivity contribution in [2.45, 2.75) is 58.8 Å². The third-order valence-electron chi connectivity index (χ3n) is 3.40. The van der Waals surface area contributed by atoms with E-state index in [0.29, 0.717) is 12.3 Å². The third-order valence-corrected chi connectivity index (χ3v) is 5.78. The van der Waals surface area contributed by atoms with Crippen molar-refractivity contribution < 1.29 is 8.42 Å². The minimum absolute atomic E-state index is 0.0917. The van der Waals surface area contributed by atoms with E-state index in [9.17, 15) is 8.42 Å². The molecule has 1 N–H and O–H groups in total. The maximum Gasteiger partial charge on any atom is 0.154 e. The minimum atomic E-state index is -2.95. The average Bonchev–Trinajstić information content (AvgIpc) is 2.25. The highest BCUT2D eigenvalue weighted by Crippen LogP contribution is 2.14. The Hall–Kier alpha value is -0.0900. The summed E-state index contributed by atoms with van der Waals surface area (Å²) in [7, 11) is -2.95. The molecule has 0 aliphatic rings. The number of rotatable bonds is 8. The molecular weight excluding hydrogens is 222 g/mol. The molecule has 0 rings (SSSR count). The van der Waals surface area contributed by atoms with Crippen LogP contribution in [0.15, 0.2) is 0 Å². The molecule has 4 heteroatoms. The molecule has 0 aromatic carbocycles. The van der Waals surface area contributed by atoms with Gasteiger partial charge in [-0.05, 0) is 25.8 Å². The summed E-state index contributed by atoms with van der Waals surface area (Å²) in [5, 5.41) is 3.06. The molecular formula is C12H27NO2S. The maximum absolute atomic E-state index is 12.0. The van der Waals surface area contributed by atoms with Gasteiger partial charge in [0.2, 0.25) is 0 Å². The van der Waals surface area contributed by atoms with E-state index in [1.165, 1.54) is 0 Å². The molecule has 0 aliphatic heterocycles. The van der Waals surface area contributed by atoms with Crippen molar-refractivity contribution >= 4 is 9.84 Å². The Morgan fingerprint density at radius 2 is 1.62 bits per heavy atom. The summed E-state index contributed by atoms with van der Waals surface area (Å²) in [5.41, 5.74) is 0. The zero-order valence-electron chi connectivity index (χ0n) is 11.3. The fourth-order valence-corrected chi connectivity index (χ4v) is 3.42. The van der Waals surface area contributed by atoms with E-state index in [1.807, 2.05) is 13.8 Å². The predicted molar refractivity (Wildman–Crippen MR) is 70.5 cm³/mol. The highest BCUT2D eigenvalue weighted by atomic mass is 32.2. The van der Waals surface area contributed by atoms with Crippen molar-refractivity contribution in [2.75, 3.05) is 12.3 Å². The zero-order valence-corrected chi connectivity index (χ0v) is 12.1. The Morgan fingerprint density at radius 1 is 1.06 bits per heavy atom. The van der Waals surface area contributed by atoms with Gasteiger partial charge in [0.25, 0.3) is 0 Å². The lowest BCUT2D eigenvalue weighted by atomic mass is 10.0. The van der Waals surface area contributed by atoms with Crippen LogP contribution in [-0.2, 0) is 9.84 Å². The molecule has 0 aliphatic carbocycles. The van der Waals surface area contributed by atoms with Gasteiger partial charge < -0.3 is 5.32 Å². The molecule has 16 heavy (non-hydrogen) atoms. The molecule has 0 aromatic heterocycles. The molecule has 0 saturated heterocycles. The molecule has 0 radical (unpaired) electrons. The van der Waals surface area contributed by atoms with E-state index >= 15 is 0 Å². The van der Waals surface area contributed by atoms with Crippen LogP contribution in [0.5, 0.6) is 0 Å². The Balaban J connectivity index is 4.62. The highest BCUT2D eigenvalue weighted by molar-refractivity contribution is 7.92. The van der Waals surface area contributed by atoms with Crippen molar-refractivity contribution in [3.63, 3.8) is 0 Å². The van der Waals surface area contributed by atoms with Gasteiger partial charge in [0.1, 0.15) is 0 Å². The van der Waals surface area contributed by atoms with Crippen molar-refractivity contribution in [3.8, 4) is 0 Å². The summed E-state index contributed by atoms with van der Waals surface area (Å²) in [6.45, 7) is 10.8. The Kier molecular flexibility index (Phi) is 7.24. The first-order valence-corrected chi connectivity index (χ1v) is 8.05. The molecule has 0 bridgehead atoms. The van der Waals surface area contributed by atoms with Crippen LogP contribution >= 0.6 is 0 Å². The summed E-state index contributed by atoms with van der Waals surface area (Å²) in [6.07, 6.45) is 1.70. The zero-order chi connectivity index (χ0) is 12.8. The summed E-state index contributed by atoms with van der Waals surface area (Å²) >= 11 is 0. The Labute approximate surface area is 101 Å². The van der Waals surface area contributed by atoms with Crippen LogP contribution in [0.3, 0.4) is 0 Å². The molecule has 3 atom stereocenters. The molecule has 98 valence electrons. The normalized spacial score (nSPS) is 18.1. The molecule has 0 spiro atoms. The van der Waals surface area contributed by atoms with Crippen LogP contribution in [0, 0.1) is 5.92 Å². The fraction of sp³-hybridized carbons (Fsp3) is 1.00. The summed E-state index contributed by atoms with van der Waals surface area (Å²) in [4.78, 5) is 0. The molecule has 0 amide bonds. The summed E-state index contributed by atoms with van der Waals surface area (Å²) in [6, 6.07) is 0.0917. The highest BCUT2D eigenvalue weighted by Gasteiger charge is 2.26. The standard InChI is InChI=1S/C12H27NO2S/c1-6-10(4)12(13-8-3)9-16(14,15)11(5)7-2/h10-13H,6-9H2,1-5H3. The van der Waals surface area contributed by atoms with E-state index in [4.69, 9.17) is 0 Å². The SMILES string of the molecule is CCNC(CS(=O)(=O)C(C)CC)C(C)CC. The van der Waals surface area contributed by atoms with Gasteiger partial charge in [-0.1, -0.05) is 34.1 Å². The van der Waals surface area contributed by atoms with Gasteiger partial charge in [-0.25, -0.2) is 8.42 Å². The maximum atomic E-state index is 12.0. The number of sulfone groups is 1. The van der Waals surface area contributed by atoms with E-state index in [0.717, 1.165) is 13.0 Å². The average molecular weight is 249 g/mol. The van der Waals surface area contributed by atoms with Crippen molar-refractivity contribution in [1.82, 2.24) is 5.32 Å². The van der Waals surface area contributed by atoms with Gasteiger partial charge in [0.15, 0.2) is 9.84 Å². The first-order chi connectivity index (χ1) is 7.38. The first kappa shape index (κ1) is 15.9. The Bertz CT molecular complexity index is 275. The largest absolute Gasteiger partial charge is 0.313 e. The van der Waals surface area contributed by atoms with Crippen molar-refractivity contribution in [1.29, 1.82) is 0 Å².